The summed E-state index contributed by atoms with van der Waals surface area (Å²) in [5, 5.41) is 18.0. The highest BCUT2D eigenvalue weighted by Gasteiger charge is 2.28. The molecule has 11 heteroatoms. The van der Waals surface area contributed by atoms with Crippen LogP contribution in [0, 0.1) is 17.0 Å². The molecular weight excluding hydrogens is 440 g/mol. The normalized spacial score (nSPS) is 13.1. The third-order valence-electron chi connectivity index (χ3n) is 4.40. The first-order chi connectivity index (χ1) is 12.8. The lowest BCUT2D eigenvalue weighted by atomic mass is 9.95. The molecule has 0 aromatic carbocycles. The number of methoxy groups -OCH3 is 1. The molecule has 2 heterocycles. The van der Waals surface area contributed by atoms with Crippen LogP contribution in [0.5, 0.6) is 0 Å². The summed E-state index contributed by atoms with van der Waals surface area (Å²) in [6, 6.07) is 0. The van der Waals surface area contributed by atoms with E-state index in [2.05, 4.69) is 26.3 Å². The van der Waals surface area contributed by atoms with Crippen LogP contribution in [0.25, 0.3) is 0 Å². The molecule has 0 bridgehead atoms. The van der Waals surface area contributed by atoms with Crippen molar-refractivity contribution in [2.45, 2.75) is 39.2 Å². The summed E-state index contributed by atoms with van der Waals surface area (Å²) < 4.78 is 6.37. The van der Waals surface area contributed by atoms with Gasteiger partial charge in [0, 0.05) is 4.88 Å². The largest absolute Gasteiger partial charge is 0.465 e. The zero-order chi connectivity index (χ0) is 19.7. The number of amides is 1. The number of carbonyl (C=O) groups excluding carboxylic acids is 2. The smallest absolute Gasteiger partial charge is 0.404 e. The number of anilines is 1. The van der Waals surface area contributed by atoms with Crippen LogP contribution in [-0.4, -0.2) is 33.7 Å². The van der Waals surface area contributed by atoms with E-state index in [4.69, 9.17) is 4.74 Å². The van der Waals surface area contributed by atoms with Crippen molar-refractivity contribution in [3.8, 4) is 0 Å². The molecule has 0 saturated carbocycles. The van der Waals surface area contributed by atoms with Gasteiger partial charge in [0.2, 0.25) is 5.91 Å². The predicted molar refractivity (Wildman–Crippen MR) is 102 cm³/mol. The molecule has 27 heavy (non-hydrogen) atoms. The van der Waals surface area contributed by atoms with Gasteiger partial charge in [-0.25, -0.2) is 4.79 Å². The molecule has 1 aliphatic carbocycles. The molecule has 0 atom stereocenters. The molecule has 1 aliphatic rings. The number of fused-ring (bicyclic) bond motifs is 1. The highest BCUT2D eigenvalue weighted by molar-refractivity contribution is 9.10. The zero-order valence-corrected chi connectivity index (χ0v) is 17.1. The van der Waals surface area contributed by atoms with Crippen molar-refractivity contribution in [3.05, 3.63) is 36.3 Å². The molecule has 0 unspecified atom stereocenters. The Balaban J connectivity index is 1.85. The van der Waals surface area contributed by atoms with Crippen molar-refractivity contribution in [1.29, 1.82) is 0 Å². The minimum absolute atomic E-state index is 0.207. The number of rotatable bonds is 5. The van der Waals surface area contributed by atoms with Gasteiger partial charge in [0.15, 0.2) is 0 Å². The van der Waals surface area contributed by atoms with E-state index in [1.54, 1.807) is 6.92 Å². The third-order valence-corrected chi connectivity index (χ3v) is 6.53. The first-order valence-electron chi connectivity index (χ1n) is 8.23. The number of nitro groups is 1. The molecule has 3 rings (SSSR count). The summed E-state index contributed by atoms with van der Waals surface area (Å²) in [7, 11) is 1.31. The van der Waals surface area contributed by atoms with Crippen LogP contribution in [0.4, 0.5) is 10.8 Å². The quantitative estimate of drug-likeness (QED) is 0.419. The van der Waals surface area contributed by atoms with Gasteiger partial charge in [0.25, 0.3) is 0 Å². The lowest BCUT2D eigenvalue weighted by Gasteiger charge is -2.11. The number of nitrogens with zero attached hydrogens (tertiary/aromatic N) is 3. The summed E-state index contributed by atoms with van der Waals surface area (Å²) in [5.41, 5.74) is 1.83. The van der Waals surface area contributed by atoms with Crippen molar-refractivity contribution in [2.24, 2.45) is 0 Å². The first kappa shape index (κ1) is 19.5. The maximum absolute atomic E-state index is 12.5. The van der Waals surface area contributed by atoms with Crippen LogP contribution in [-0.2, 0) is 28.9 Å². The summed E-state index contributed by atoms with van der Waals surface area (Å²) in [6.45, 7) is 1.42. The first-order valence-corrected chi connectivity index (χ1v) is 9.84. The summed E-state index contributed by atoms with van der Waals surface area (Å²) >= 11 is 4.50. The fourth-order valence-corrected chi connectivity index (χ4v) is 4.78. The van der Waals surface area contributed by atoms with Crippen LogP contribution in [0.2, 0.25) is 0 Å². The Morgan fingerprint density at radius 1 is 1.41 bits per heavy atom. The van der Waals surface area contributed by atoms with Gasteiger partial charge in [-0.1, -0.05) is 0 Å². The second-order valence-electron chi connectivity index (χ2n) is 6.09. The van der Waals surface area contributed by atoms with E-state index in [9.17, 15) is 19.7 Å². The topological polar surface area (TPSA) is 116 Å². The standard InChI is InChI=1S/C16H17BrN4O5S/c1-8-13(17)14(21(24)25)19-20(8)7-11(22)18-15-12(16(23)26-2)9-5-3-4-6-10(9)27-15/h3-7H2,1-2H3,(H,18,22). The highest BCUT2D eigenvalue weighted by Crippen LogP contribution is 2.38. The van der Waals surface area contributed by atoms with Crippen molar-refractivity contribution >= 4 is 50.0 Å². The Kier molecular flexibility index (Phi) is 5.61. The van der Waals surface area contributed by atoms with Gasteiger partial charge in [-0.05, 0) is 59.0 Å². The maximum Gasteiger partial charge on any atom is 0.404 e. The Morgan fingerprint density at radius 3 is 2.74 bits per heavy atom. The van der Waals surface area contributed by atoms with Gasteiger partial charge in [0.05, 0.1) is 23.5 Å². The molecule has 2 aromatic heterocycles. The molecule has 0 aliphatic heterocycles. The summed E-state index contributed by atoms with van der Waals surface area (Å²) in [5.74, 6) is -1.24. The fraction of sp³-hybridized carbons (Fsp3) is 0.438. The number of thiophene rings is 1. The maximum atomic E-state index is 12.5. The molecule has 9 nitrogen and oxygen atoms in total. The van der Waals surface area contributed by atoms with E-state index in [0.717, 1.165) is 36.1 Å². The van der Waals surface area contributed by atoms with Gasteiger partial charge in [0.1, 0.15) is 16.0 Å². The highest BCUT2D eigenvalue weighted by atomic mass is 79.9. The Labute approximate surface area is 167 Å². The second-order valence-corrected chi connectivity index (χ2v) is 7.99. The molecule has 1 N–H and O–H groups in total. The second kappa shape index (κ2) is 7.77. The summed E-state index contributed by atoms with van der Waals surface area (Å²) in [6.07, 6.45) is 3.69. The number of aromatic nitrogens is 2. The minimum Gasteiger partial charge on any atom is -0.465 e. The molecule has 0 saturated heterocycles. The number of esters is 1. The summed E-state index contributed by atoms with van der Waals surface area (Å²) in [4.78, 5) is 36.2. The van der Waals surface area contributed by atoms with E-state index in [0.29, 0.717) is 16.3 Å². The van der Waals surface area contributed by atoms with Gasteiger partial charge in [-0.15, -0.1) is 11.3 Å². The monoisotopic (exact) mass is 456 g/mol. The SMILES string of the molecule is COC(=O)c1c(NC(=O)Cn2nc([N+](=O)[O-])c(Br)c2C)sc2c1CCCC2. The van der Waals surface area contributed by atoms with E-state index >= 15 is 0 Å². The van der Waals surface area contributed by atoms with Crippen LogP contribution < -0.4 is 5.32 Å². The van der Waals surface area contributed by atoms with Crippen molar-refractivity contribution in [2.75, 3.05) is 12.4 Å². The Morgan fingerprint density at radius 2 is 2.11 bits per heavy atom. The number of hydrogen-bond donors (Lipinski definition) is 1. The van der Waals surface area contributed by atoms with Gasteiger partial charge in [-0.3, -0.25) is 4.79 Å². The lowest BCUT2D eigenvalue weighted by Crippen LogP contribution is -2.21. The lowest BCUT2D eigenvalue weighted by molar-refractivity contribution is -0.390. The Hall–Kier alpha value is -2.27. The van der Waals surface area contributed by atoms with Gasteiger partial charge in [-0.2, -0.15) is 4.68 Å². The van der Waals surface area contributed by atoms with Crippen LogP contribution in [0.3, 0.4) is 0 Å². The van der Waals surface area contributed by atoms with E-state index in [1.165, 1.54) is 23.1 Å². The number of ether oxygens (including phenoxy) is 1. The van der Waals surface area contributed by atoms with Crippen molar-refractivity contribution in [1.82, 2.24) is 9.78 Å². The average Bonchev–Trinajstić information content (AvgIpc) is 3.13. The van der Waals surface area contributed by atoms with Gasteiger partial charge >= 0.3 is 11.8 Å². The van der Waals surface area contributed by atoms with Crippen LogP contribution >= 0.6 is 27.3 Å². The van der Waals surface area contributed by atoms with E-state index in [1.807, 2.05) is 0 Å². The van der Waals surface area contributed by atoms with Crippen molar-refractivity contribution < 1.29 is 19.2 Å². The number of nitrogens with one attached hydrogen (secondary N) is 1. The van der Waals surface area contributed by atoms with E-state index < -0.39 is 16.8 Å². The fourth-order valence-electron chi connectivity index (χ4n) is 3.05. The third kappa shape index (κ3) is 3.74. The number of halogens is 1. The Bertz CT molecular complexity index is 936. The van der Waals surface area contributed by atoms with E-state index in [-0.39, 0.29) is 16.8 Å². The zero-order valence-electron chi connectivity index (χ0n) is 14.7. The number of carbonyl (C=O) groups is 2. The predicted octanol–water partition coefficient (Wildman–Crippen LogP) is 3.23. The average molecular weight is 457 g/mol. The molecule has 0 spiro atoms. The van der Waals surface area contributed by atoms with Gasteiger partial charge < -0.3 is 20.2 Å². The van der Waals surface area contributed by atoms with Crippen LogP contribution in [0.1, 0.15) is 39.3 Å². The molecule has 0 fully saturated rings. The number of hydrogen-bond acceptors (Lipinski definition) is 7. The molecule has 2 aromatic rings. The molecule has 0 radical (unpaired) electrons. The van der Waals surface area contributed by atoms with Crippen LogP contribution in [0.15, 0.2) is 4.47 Å². The minimum atomic E-state index is -0.617. The number of aryl methyl sites for hydroxylation is 1. The molecule has 1 amide bonds. The molecular formula is C16H17BrN4O5S. The molecule has 144 valence electrons. The van der Waals surface area contributed by atoms with Crippen molar-refractivity contribution in [3.63, 3.8) is 0 Å².